The third-order valence-corrected chi connectivity index (χ3v) is 5.41. The van der Waals surface area contributed by atoms with Gasteiger partial charge >= 0.3 is 0 Å². The molecule has 0 spiro atoms. The molecule has 1 aromatic carbocycles. The normalized spacial score (nSPS) is 19.1. The zero-order chi connectivity index (χ0) is 15.1. The Labute approximate surface area is 127 Å². The lowest BCUT2D eigenvalue weighted by Crippen LogP contribution is -2.41. The topological polar surface area (TPSA) is 69.6 Å². The van der Waals surface area contributed by atoms with Gasteiger partial charge in [-0.25, -0.2) is 4.72 Å². The van der Waals surface area contributed by atoms with Crippen molar-refractivity contribution in [2.75, 3.05) is 19.6 Å². The molecule has 0 radical (unpaired) electrons. The van der Waals surface area contributed by atoms with Gasteiger partial charge in [0.2, 0.25) is 0 Å². The van der Waals surface area contributed by atoms with Crippen molar-refractivity contribution in [3.63, 3.8) is 0 Å². The molecule has 1 heterocycles. The van der Waals surface area contributed by atoms with Gasteiger partial charge in [0, 0.05) is 19.6 Å². The van der Waals surface area contributed by atoms with Gasteiger partial charge in [-0.2, -0.15) is 12.7 Å². The summed E-state index contributed by atoms with van der Waals surface area (Å²) in [6.07, 6.45) is 3.77. The van der Waals surface area contributed by atoms with Crippen molar-refractivity contribution >= 4 is 10.2 Å². The van der Waals surface area contributed by atoms with Crippen molar-refractivity contribution < 1.29 is 13.5 Å². The van der Waals surface area contributed by atoms with Gasteiger partial charge < -0.3 is 5.11 Å². The van der Waals surface area contributed by atoms with Gasteiger partial charge in [0.05, 0.1) is 6.10 Å². The van der Waals surface area contributed by atoms with Crippen LogP contribution in [0.15, 0.2) is 30.3 Å². The van der Waals surface area contributed by atoms with E-state index < -0.39 is 16.3 Å². The molecule has 1 aliphatic heterocycles. The average Bonchev–Trinajstić information content (AvgIpc) is 2.77. The Balaban J connectivity index is 1.81. The highest BCUT2D eigenvalue weighted by Gasteiger charge is 2.22. The van der Waals surface area contributed by atoms with Crippen LogP contribution in [0.4, 0.5) is 0 Å². The lowest BCUT2D eigenvalue weighted by Gasteiger charge is -2.20. The SMILES string of the molecule is O=S(=O)(NCCC(O)c1ccccc1)N1CCCCCC1. The van der Waals surface area contributed by atoms with Gasteiger partial charge in [0.15, 0.2) is 0 Å². The summed E-state index contributed by atoms with van der Waals surface area (Å²) in [5, 5.41) is 10.0. The van der Waals surface area contributed by atoms with E-state index in [1.165, 1.54) is 4.31 Å². The third kappa shape index (κ3) is 5.07. The zero-order valence-electron chi connectivity index (χ0n) is 12.2. The molecule has 1 aliphatic rings. The molecule has 21 heavy (non-hydrogen) atoms. The molecule has 118 valence electrons. The van der Waals surface area contributed by atoms with E-state index in [4.69, 9.17) is 0 Å². The van der Waals surface area contributed by atoms with Crippen molar-refractivity contribution in [2.24, 2.45) is 0 Å². The smallest absolute Gasteiger partial charge is 0.279 e. The summed E-state index contributed by atoms with van der Waals surface area (Å²) in [5.74, 6) is 0. The fourth-order valence-corrected chi connectivity index (χ4v) is 3.84. The number of aliphatic hydroxyl groups is 1. The van der Waals surface area contributed by atoms with Crippen molar-refractivity contribution in [1.82, 2.24) is 9.03 Å². The van der Waals surface area contributed by atoms with Gasteiger partial charge in [-0.1, -0.05) is 43.2 Å². The largest absolute Gasteiger partial charge is 0.388 e. The minimum Gasteiger partial charge on any atom is -0.388 e. The lowest BCUT2D eigenvalue weighted by molar-refractivity contribution is 0.169. The quantitative estimate of drug-likeness (QED) is 0.842. The van der Waals surface area contributed by atoms with Crippen molar-refractivity contribution in [3.05, 3.63) is 35.9 Å². The van der Waals surface area contributed by atoms with Crippen LogP contribution in [0, 0.1) is 0 Å². The Morgan fingerprint density at radius 3 is 2.33 bits per heavy atom. The maximum atomic E-state index is 12.2. The van der Waals surface area contributed by atoms with Crippen LogP contribution in [0.3, 0.4) is 0 Å². The molecule has 5 nitrogen and oxygen atoms in total. The van der Waals surface area contributed by atoms with Gasteiger partial charge in [-0.3, -0.25) is 0 Å². The summed E-state index contributed by atoms with van der Waals surface area (Å²) in [5.41, 5.74) is 0.812. The standard InChI is InChI=1S/C15H24N2O3S/c18-15(14-8-4-3-5-9-14)10-11-16-21(19,20)17-12-6-1-2-7-13-17/h3-5,8-9,15-16,18H,1-2,6-7,10-13H2. The van der Waals surface area contributed by atoms with Gasteiger partial charge in [0.25, 0.3) is 10.2 Å². The van der Waals surface area contributed by atoms with Crippen molar-refractivity contribution in [2.45, 2.75) is 38.2 Å². The number of benzene rings is 1. The molecule has 0 amide bonds. The van der Waals surface area contributed by atoms with Crippen LogP contribution in [0.2, 0.25) is 0 Å². The van der Waals surface area contributed by atoms with Gasteiger partial charge in [-0.15, -0.1) is 0 Å². The predicted octanol–water partition coefficient (Wildman–Crippen LogP) is 1.82. The van der Waals surface area contributed by atoms with Crippen LogP contribution in [-0.2, 0) is 10.2 Å². The minimum absolute atomic E-state index is 0.245. The lowest BCUT2D eigenvalue weighted by atomic mass is 10.1. The number of rotatable bonds is 6. The van der Waals surface area contributed by atoms with Crippen LogP contribution in [-0.4, -0.2) is 37.5 Å². The summed E-state index contributed by atoms with van der Waals surface area (Å²) < 4.78 is 28.5. The molecule has 1 saturated heterocycles. The van der Waals surface area contributed by atoms with Gasteiger partial charge in [0.1, 0.15) is 0 Å². The van der Waals surface area contributed by atoms with Crippen LogP contribution in [0.25, 0.3) is 0 Å². The number of aliphatic hydroxyl groups excluding tert-OH is 1. The maximum absolute atomic E-state index is 12.2. The number of hydrogen-bond acceptors (Lipinski definition) is 3. The highest BCUT2D eigenvalue weighted by Crippen LogP contribution is 2.16. The first kappa shape index (κ1) is 16.4. The summed E-state index contributed by atoms with van der Waals surface area (Å²) in [6.45, 7) is 1.43. The van der Waals surface area contributed by atoms with Crippen LogP contribution in [0.1, 0.15) is 43.8 Å². The van der Waals surface area contributed by atoms with Crippen molar-refractivity contribution in [1.29, 1.82) is 0 Å². The van der Waals surface area contributed by atoms with E-state index >= 15 is 0 Å². The summed E-state index contributed by atoms with van der Waals surface area (Å²) >= 11 is 0. The highest BCUT2D eigenvalue weighted by molar-refractivity contribution is 7.87. The second-order valence-corrected chi connectivity index (χ2v) is 7.18. The first-order chi connectivity index (χ1) is 10.1. The van der Waals surface area contributed by atoms with E-state index in [-0.39, 0.29) is 6.54 Å². The third-order valence-electron chi connectivity index (χ3n) is 3.79. The molecular formula is C15H24N2O3S. The van der Waals surface area contributed by atoms with E-state index in [2.05, 4.69) is 4.72 Å². The molecule has 6 heteroatoms. The monoisotopic (exact) mass is 312 g/mol. The Morgan fingerprint density at radius 1 is 1.10 bits per heavy atom. The molecule has 1 aromatic rings. The maximum Gasteiger partial charge on any atom is 0.279 e. The molecular weight excluding hydrogens is 288 g/mol. The van der Waals surface area contributed by atoms with E-state index in [0.717, 1.165) is 31.2 Å². The Bertz CT molecular complexity index is 511. The first-order valence-corrected chi connectivity index (χ1v) is 9.01. The highest BCUT2D eigenvalue weighted by atomic mass is 32.2. The van der Waals surface area contributed by atoms with Crippen LogP contribution < -0.4 is 4.72 Å². The van der Waals surface area contributed by atoms with Crippen LogP contribution >= 0.6 is 0 Å². The molecule has 2 N–H and O–H groups in total. The van der Waals surface area contributed by atoms with E-state index in [1.54, 1.807) is 0 Å². The molecule has 1 atom stereocenters. The Morgan fingerprint density at radius 2 is 1.71 bits per heavy atom. The minimum atomic E-state index is -3.41. The van der Waals surface area contributed by atoms with Crippen LogP contribution in [0.5, 0.6) is 0 Å². The van der Waals surface area contributed by atoms with Gasteiger partial charge in [-0.05, 0) is 24.8 Å². The molecule has 0 bridgehead atoms. The summed E-state index contributed by atoms with van der Waals surface area (Å²) in [6, 6.07) is 9.29. The predicted molar refractivity (Wildman–Crippen MR) is 83.0 cm³/mol. The first-order valence-electron chi connectivity index (χ1n) is 7.57. The summed E-state index contributed by atoms with van der Waals surface area (Å²) in [7, 11) is -3.41. The molecule has 1 unspecified atom stereocenters. The Hall–Kier alpha value is -0.950. The van der Waals surface area contributed by atoms with E-state index in [9.17, 15) is 13.5 Å². The second-order valence-electron chi connectivity index (χ2n) is 5.43. The molecule has 0 aliphatic carbocycles. The fourth-order valence-electron chi connectivity index (χ4n) is 2.54. The molecule has 2 rings (SSSR count). The second kappa shape index (κ2) is 7.89. The molecule has 1 fully saturated rings. The number of nitrogens with zero attached hydrogens (tertiary/aromatic N) is 1. The fraction of sp³-hybridized carbons (Fsp3) is 0.600. The molecule has 0 aromatic heterocycles. The average molecular weight is 312 g/mol. The summed E-state index contributed by atoms with van der Waals surface area (Å²) in [4.78, 5) is 0. The van der Waals surface area contributed by atoms with E-state index in [1.807, 2.05) is 30.3 Å². The van der Waals surface area contributed by atoms with Crippen molar-refractivity contribution in [3.8, 4) is 0 Å². The Kier molecular flexibility index (Phi) is 6.17. The zero-order valence-corrected chi connectivity index (χ0v) is 13.1. The number of nitrogens with one attached hydrogen (secondary N) is 1. The number of hydrogen-bond donors (Lipinski definition) is 2. The van der Waals surface area contributed by atoms with E-state index in [0.29, 0.717) is 19.5 Å². The molecule has 0 saturated carbocycles.